The molecule has 35 heavy (non-hydrogen) atoms. The van der Waals surface area contributed by atoms with Crippen molar-refractivity contribution in [2.24, 2.45) is 11.8 Å². The van der Waals surface area contributed by atoms with Gasteiger partial charge in [-0.05, 0) is 47.9 Å². The average Bonchev–Trinajstić information content (AvgIpc) is 3.65. The Balaban J connectivity index is 1.51. The lowest BCUT2D eigenvalue weighted by Gasteiger charge is -2.44. The third kappa shape index (κ3) is 3.26. The molecule has 0 saturated heterocycles. The van der Waals surface area contributed by atoms with Crippen molar-refractivity contribution in [1.29, 1.82) is 0 Å². The summed E-state index contributed by atoms with van der Waals surface area (Å²) in [7, 11) is 0. The highest BCUT2D eigenvalue weighted by atomic mass is 32.2. The second kappa shape index (κ2) is 7.81. The lowest BCUT2D eigenvalue weighted by molar-refractivity contribution is 0.0671. The van der Waals surface area contributed by atoms with Gasteiger partial charge in [-0.25, -0.2) is 0 Å². The molecule has 1 aliphatic carbocycles. The molecule has 0 spiro atoms. The third-order valence-electron chi connectivity index (χ3n) is 7.75. The first-order chi connectivity index (χ1) is 17.1. The van der Waals surface area contributed by atoms with Crippen LogP contribution in [0.1, 0.15) is 46.1 Å². The van der Waals surface area contributed by atoms with Gasteiger partial charge in [0.1, 0.15) is 18.5 Å². The predicted octanol–water partition coefficient (Wildman–Crippen LogP) is 3.72. The summed E-state index contributed by atoms with van der Waals surface area (Å²) in [5.41, 5.74) is 2.88. The molecule has 1 fully saturated rings. The van der Waals surface area contributed by atoms with Gasteiger partial charge in [0.25, 0.3) is 5.91 Å². The van der Waals surface area contributed by atoms with Crippen LogP contribution in [-0.2, 0) is 5.75 Å². The second-order valence-electron chi connectivity index (χ2n) is 9.78. The molecule has 1 aromatic heterocycles. The molecule has 1 unspecified atom stereocenters. The van der Waals surface area contributed by atoms with Crippen molar-refractivity contribution in [3.63, 3.8) is 0 Å². The first-order valence-electron chi connectivity index (χ1n) is 12.1. The molecule has 8 heteroatoms. The molecule has 1 N–H and O–H groups in total. The highest BCUT2D eigenvalue weighted by molar-refractivity contribution is 7.98. The summed E-state index contributed by atoms with van der Waals surface area (Å²) in [6.07, 6.45) is 3.60. The zero-order valence-electron chi connectivity index (χ0n) is 19.1. The fraction of sp³-hybridized carbons (Fsp3) is 0.333. The average molecular weight is 488 g/mol. The standard InChI is InChI=1S/C27H25N3O4S/c31-20-9-11-29-25(26(20)32)27(33)28-10-8-16-12-18(16)13-34-21-6-3-4-17-14-35-22-7-2-1-5-19(22)24(23(17)21)30(29)15-28/h1-7,9,11,16,18,24,32H,8,10,12-15H2/t16?,18-,24+/m1/s1. The van der Waals surface area contributed by atoms with E-state index in [2.05, 4.69) is 29.3 Å². The van der Waals surface area contributed by atoms with E-state index in [0.717, 1.165) is 35.5 Å². The Kier molecular flexibility index (Phi) is 4.67. The lowest BCUT2D eigenvalue weighted by atomic mass is 9.93. The minimum absolute atomic E-state index is 0.0301. The van der Waals surface area contributed by atoms with Crippen LogP contribution in [-0.4, -0.2) is 40.4 Å². The number of carbonyl (C=O) groups is 1. The van der Waals surface area contributed by atoms with Gasteiger partial charge in [-0.3, -0.25) is 19.3 Å². The Hall–Kier alpha value is -3.39. The molecule has 178 valence electrons. The summed E-state index contributed by atoms with van der Waals surface area (Å²) in [6, 6.07) is 15.7. The maximum absolute atomic E-state index is 13.5. The molecule has 4 aliphatic rings. The zero-order valence-corrected chi connectivity index (χ0v) is 19.9. The molecule has 0 radical (unpaired) electrons. The Morgan fingerprint density at radius 2 is 1.91 bits per heavy atom. The molecule has 7 rings (SSSR count). The summed E-state index contributed by atoms with van der Waals surface area (Å²) in [4.78, 5) is 28.9. The minimum Gasteiger partial charge on any atom is -0.502 e. The minimum atomic E-state index is -0.545. The van der Waals surface area contributed by atoms with Crippen molar-refractivity contribution in [2.75, 3.05) is 24.8 Å². The Morgan fingerprint density at radius 1 is 1.03 bits per heavy atom. The molecule has 2 aromatic carbocycles. The van der Waals surface area contributed by atoms with Gasteiger partial charge < -0.3 is 14.7 Å². The number of ether oxygens (including phenoxy) is 1. The third-order valence-corrected chi connectivity index (χ3v) is 8.89. The van der Waals surface area contributed by atoms with Crippen LogP contribution in [0.2, 0.25) is 0 Å². The zero-order chi connectivity index (χ0) is 23.7. The van der Waals surface area contributed by atoms with Crippen LogP contribution in [0.3, 0.4) is 0 Å². The van der Waals surface area contributed by atoms with E-state index in [4.69, 9.17) is 4.74 Å². The van der Waals surface area contributed by atoms with Crippen molar-refractivity contribution >= 4 is 17.7 Å². The quantitative estimate of drug-likeness (QED) is 0.521. The van der Waals surface area contributed by atoms with Crippen molar-refractivity contribution in [3.05, 3.63) is 87.3 Å². The predicted molar refractivity (Wildman–Crippen MR) is 132 cm³/mol. The molecule has 1 saturated carbocycles. The van der Waals surface area contributed by atoms with E-state index in [1.54, 1.807) is 27.5 Å². The fourth-order valence-corrected chi connectivity index (χ4v) is 6.85. The summed E-state index contributed by atoms with van der Waals surface area (Å²) < 4.78 is 8.18. The number of thioether (sulfide) groups is 1. The van der Waals surface area contributed by atoms with Crippen LogP contribution in [0.5, 0.6) is 11.5 Å². The van der Waals surface area contributed by atoms with Crippen LogP contribution in [0.25, 0.3) is 0 Å². The van der Waals surface area contributed by atoms with E-state index in [0.29, 0.717) is 31.7 Å². The van der Waals surface area contributed by atoms with E-state index >= 15 is 0 Å². The Bertz CT molecular complexity index is 1420. The van der Waals surface area contributed by atoms with E-state index in [-0.39, 0.29) is 17.6 Å². The van der Waals surface area contributed by atoms with Gasteiger partial charge in [0.05, 0.1) is 6.61 Å². The largest absolute Gasteiger partial charge is 0.502 e. The Labute approximate surface area is 206 Å². The second-order valence-corrected chi connectivity index (χ2v) is 10.8. The summed E-state index contributed by atoms with van der Waals surface area (Å²) in [5, 5.41) is 12.9. The first kappa shape index (κ1) is 20.9. The normalized spacial score (nSPS) is 24.5. The number of carbonyl (C=O) groups excluding carboxylic acids is 1. The molecular weight excluding hydrogens is 462 g/mol. The highest BCUT2D eigenvalue weighted by Gasteiger charge is 2.43. The molecule has 2 bridgehead atoms. The van der Waals surface area contributed by atoms with Crippen LogP contribution < -0.4 is 15.2 Å². The maximum Gasteiger partial charge on any atom is 0.277 e. The van der Waals surface area contributed by atoms with Crippen LogP contribution in [0, 0.1) is 11.8 Å². The van der Waals surface area contributed by atoms with Gasteiger partial charge in [0.2, 0.25) is 5.43 Å². The van der Waals surface area contributed by atoms with Gasteiger partial charge in [-0.15, -0.1) is 11.8 Å². The van der Waals surface area contributed by atoms with Gasteiger partial charge in [-0.2, -0.15) is 0 Å². The molecule has 3 aromatic rings. The monoisotopic (exact) mass is 487 g/mol. The number of aromatic nitrogens is 1. The smallest absolute Gasteiger partial charge is 0.277 e. The number of aromatic hydroxyl groups is 1. The molecule has 3 atom stereocenters. The maximum atomic E-state index is 13.5. The number of amides is 1. The summed E-state index contributed by atoms with van der Waals surface area (Å²) in [5.74, 6) is 1.90. The first-order valence-corrected chi connectivity index (χ1v) is 13.1. The van der Waals surface area contributed by atoms with Gasteiger partial charge in [0.15, 0.2) is 11.4 Å². The fourth-order valence-electron chi connectivity index (χ4n) is 5.76. The molecule has 4 heterocycles. The van der Waals surface area contributed by atoms with E-state index in [1.807, 2.05) is 18.2 Å². The van der Waals surface area contributed by atoms with Crippen LogP contribution in [0.4, 0.5) is 0 Å². The molecular formula is C27H25N3O4S. The van der Waals surface area contributed by atoms with Gasteiger partial charge >= 0.3 is 0 Å². The van der Waals surface area contributed by atoms with E-state index in [9.17, 15) is 14.7 Å². The van der Waals surface area contributed by atoms with Crippen LogP contribution in [0.15, 0.2) is 64.4 Å². The van der Waals surface area contributed by atoms with Crippen molar-refractivity contribution in [2.45, 2.75) is 29.5 Å². The Morgan fingerprint density at radius 3 is 2.83 bits per heavy atom. The lowest BCUT2D eigenvalue weighted by Crippen LogP contribution is -2.55. The van der Waals surface area contributed by atoms with Crippen LogP contribution >= 0.6 is 11.8 Å². The SMILES string of the molecule is O=C1c2c(O)c(=O)ccn2N2CN1CCC1C[C@@H]1COc1cccc3c1[C@@H]2c1ccccc1SC3. The summed E-state index contributed by atoms with van der Waals surface area (Å²) >= 11 is 1.80. The van der Waals surface area contributed by atoms with Crippen molar-refractivity contribution < 1.29 is 14.6 Å². The number of benzene rings is 2. The van der Waals surface area contributed by atoms with E-state index in [1.165, 1.54) is 16.5 Å². The molecule has 7 nitrogen and oxygen atoms in total. The van der Waals surface area contributed by atoms with Crippen molar-refractivity contribution in [3.8, 4) is 11.5 Å². The van der Waals surface area contributed by atoms with Gasteiger partial charge in [0, 0.05) is 35.0 Å². The summed E-state index contributed by atoms with van der Waals surface area (Å²) in [6.45, 7) is 1.61. The number of hydrogen-bond acceptors (Lipinski definition) is 6. The highest BCUT2D eigenvalue weighted by Crippen LogP contribution is 2.48. The molecule has 1 amide bonds. The number of fused-ring (bicyclic) bond motifs is 8. The van der Waals surface area contributed by atoms with E-state index < -0.39 is 11.2 Å². The number of nitrogens with zero attached hydrogens (tertiary/aromatic N) is 3. The topological polar surface area (TPSA) is 75.0 Å². The van der Waals surface area contributed by atoms with Gasteiger partial charge in [-0.1, -0.05) is 30.3 Å². The number of hydrogen-bond donors (Lipinski definition) is 1. The van der Waals surface area contributed by atoms with Crippen molar-refractivity contribution in [1.82, 2.24) is 9.58 Å². The number of rotatable bonds is 0. The molecule has 3 aliphatic heterocycles. The number of pyridine rings is 1.